The summed E-state index contributed by atoms with van der Waals surface area (Å²) in [6, 6.07) is 18.5. The van der Waals surface area contributed by atoms with E-state index in [0.29, 0.717) is 11.5 Å². The van der Waals surface area contributed by atoms with Crippen LogP contribution in [-0.2, 0) is 0 Å². The normalized spacial score (nSPS) is 11.9. The predicted molar refractivity (Wildman–Crippen MR) is 83.7 cm³/mol. The highest BCUT2D eigenvalue weighted by Crippen LogP contribution is 2.27. The molecule has 0 fully saturated rings. The molecule has 0 amide bonds. The van der Waals surface area contributed by atoms with Crippen molar-refractivity contribution in [2.75, 3.05) is 5.32 Å². The zero-order valence-corrected chi connectivity index (χ0v) is 12.2. The third-order valence-corrected chi connectivity index (χ3v) is 3.49. The first-order valence-corrected chi connectivity index (χ1v) is 6.97. The van der Waals surface area contributed by atoms with Crippen LogP contribution in [0.15, 0.2) is 48.5 Å². The molecule has 0 saturated carbocycles. The first-order chi connectivity index (χ1) is 9.61. The van der Waals surface area contributed by atoms with Crippen LogP contribution in [0.3, 0.4) is 0 Å². The van der Waals surface area contributed by atoms with E-state index in [1.807, 2.05) is 24.3 Å². The van der Waals surface area contributed by atoms with Crippen LogP contribution < -0.4 is 5.32 Å². The number of hydrogen-bond acceptors (Lipinski definition) is 2. The summed E-state index contributed by atoms with van der Waals surface area (Å²) < 4.78 is 0. The summed E-state index contributed by atoms with van der Waals surface area (Å²) in [4.78, 5) is 0. The van der Waals surface area contributed by atoms with Gasteiger partial charge in [-0.25, -0.2) is 0 Å². The second-order valence-electron chi connectivity index (χ2n) is 5.34. The van der Waals surface area contributed by atoms with Gasteiger partial charge in [0.2, 0.25) is 0 Å². The summed E-state index contributed by atoms with van der Waals surface area (Å²) in [5.74, 6) is 0.492. The maximum Gasteiger partial charge on any atom is 0.0991 e. The molecule has 2 rings (SSSR count). The molecule has 0 radical (unpaired) electrons. The molecule has 0 aromatic heterocycles. The molecule has 0 heterocycles. The topological polar surface area (TPSA) is 35.8 Å². The Morgan fingerprint density at radius 2 is 1.60 bits per heavy atom. The van der Waals surface area contributed by atoms with Crippen LogP contribution in [0.4, 0.5) is 5.69 Å². The third kappa shape index (κ3) is 3.19. The maximum absolute atomic E-state index is 8.83. The smallest absolute Gasteiger partial charge is 0.0991 e. The Bertz CT molecular complexity index is 606. The average molecular weight is 264 g/mol. The van der Waals surface area contributed by atoms with Crippen molar-refractivity contribution < 1.29 is 0 Å². The zero-order chi connectivity index (χ0) is 14.5. The molecule has 0 spiro atoms. The lowest BCUT2D eigenvalue weighted by molar-refractivity contribution is 0.841. The SMILES string of the molecule is CC(C)c1ccccc1NC(C)c1ccc(C#N)cc1. The van der Waals surface area contributed by atoms with Crippen LogP contribution >= 0.6 is 0 Å². The molecule has 0 bridgehead atoms. The van der Waals surface area contributed by atoms with Gasteiger partial charge in [0, 0.05) is 11.7 Å². The quantitative estimate of drug-likeness (QED) is 0.856. The summed E-state index contributed by atoms with van der Waals surface area (Å²) in [6.07, 6.45) is 0. The molecule has 1 N–H and O–H groups in total. The van der Waals surface area contributed by atoms with Gasteiger partial charge in [0.25, 0.3) is 0 Å². The van der Waals surface area contributed by atoms with E-state index in [9.17, 15) is 0 Å². The van der Waals surface area contributed by atoms with Crippen LogP contribution in [0, 0.1) is 11.3 Å². The summed E-state index contributed by atoms with van der Waals surface area (Å²) in [6.45, 7) is 6.54. The molecule has 0 aliphatic rings. The number of nitrogens with one attached hydrogen (secondary N) is 1. The van der Waals surface area contributed by atoms with Crippen LogP contribution in [0.2, 0.25) is 0 Å². The molecule has 2 heteroatoms. The maximum atomic E-state index is 8.83. The Labute approximate surface area is 121 Å². The van der Waals surface area contributed by atoms with E-state index in [1.54, 1.807) is 0 Å². The van der Waals surface area contributed by atoms with E-state index < -0.39 is 0 Å². The lowest BCUT2D eigenvalue weighted by atomic mass is 10.00. The molecule has 1 unspecified atom stereocenters. The van der Waals surface area contributed by atoms with E-state index in [0.717, 1.165) is 0 Å². The van der Waals surface area contributed by atoms with Crippen LogP contribution in [0.1, 0.15) is 49.4 Å². The second kappa shape index (κ2) is 6.25. The van der Waals surface area contributed by atoms with E-state index in [1.165, 1.54) is 16.8 Å². The predicted octanol–water partition coefficient (Wildman–Crippen LogP) is 4.85. The number of rotatable bonds is 4. The molecule has 1 atom stereocenters. The molecule has 2 nitrogen and oxygen atoms in total. The molecule has 0 saturated heterocycles. The summed E-state index contributed by atoms with van der Waals surface area (Å²) >= 11 is 0. The first kappa shape index (κ1) is 14.1. The fourth-order valence-corrected chi connectivity index (χ4v) is 2.29. The summed E-state index contributed by atoms with van der Waals surface area (Å²) in [5, 5.41) is 12.4. The van der Waals surface area contributed by atoms with E-state index in [2.05, 4.69) is 56.4 Å². The van der Waals surface area contributed by atoms with Gasteiger partial charge in [0.15, 0.2) is 0 Å². The Hall–Kier alpha value is -2.27. The van der Waals surface area contributed by atoms with E-state index >= 15 is 0 Å². The van der Waals surface area contributed by atoms with E-state index in [4.69, 9.17) is 5.26 Å². The second-order valence-corrected chi connectivity index (χ2v) is 5.34. The largest absolute Gasteiger partial charge is 0.378 e. The monoisotopic (exact) mass is 264 g/mol. The molecule has 2 aromatic rings. The highest BCUT2D eigenvalue weighted by molar-refractivity contribution is 5.54. The molecular formula is C18H20N2. The van der Waals surface area contributed by atoms with Crippen LogP contribution in [0.5, 0.6) is 0 Å². The Morgan fingerprint density at radius 1 is 0.950 bits per heavy atom. The third-order valence-electron chi connectivity index (χ3n) is 3.49. The van der Waals surface area contributed by atoms with Gasteiger partial charge in [-0.3, -0.25) is 0 Å². The van der Waals surface area contributed by atoms with Gasteiger partial charge in [-0.2, -0.15) is 5.26 Å². The lowest BCUT2D eigenvalue weighted by Crippen LogP contribution is -2.08. The number of benzene rings is 2. The highest BCUT2D eigenvalue weighted by Gasteiger charge is 2.10. The van der Waals surface area contributed by atoms with Crippen molar-refractivity contribution in [2.24, 2.45) is 0 Å². The summed E-state index contributed by atoms with van der Waals surface area (Å²) in [5.41, 5.74) is 4.39. The molecule has 102 valence electrons. The van der Waals surface area contributed by atoms with Crippen LogP contribution in [-0.4, -0.2) is 0 Å². The van der Waals surface area contributed by atoms with Crippen LogP contribution in [0.25, 0.3) is 0 Å². The fourth-order valence-electron chi connectivity index (χ4n) is 2.29. The van der Waals surface area contributed by atoms with Crippen molar-refractivity contribution >= 4 is 5.69 Å². The minimum Gasteiger partial charge on any atom is -0.378 e. The molecule has 20 heavy (non-hydrogen) atoms. The molecule has 0 aliphatic heterocycles. The number of para-hydroxylation sites is 1. The fraction of sp³-hybridized carbons (Fsp3) is 0.278. The van der Waals surface area contributed by atoms with Gasteiger partial charge in [0.05, 0.1) is 11.6 Å². The zero-order valence-electron chi connectivity index (χ0n) is 12.2. The first-order valence-electron chi connectivity index (χ1n) is 6.97. The average Bonchev–Trinajstić information content (AvgIpc) is 2.47. The van der Waals surface area contributed by atoms with Crippen molar-refractivity contribution in [1.29, 1.82) is 5.26 Å². The van der Waals surface area contributed by atoms with Gasteiger partial charge < -0.3 is 5.32 Å². The van der Waals surface area contributed by atoms with Crippen molar-refractivity contribution in [1.82, 2.24) is 0 Å². The summed E-state index contributed by atoms with van der Waals surface area (Å²) in [7, 11) is 0. The van der Waals surface area contributed by atoms with Gasteiger partial charge in [-0.15, -0.1) is 0 Å². The number of anilines is 1. The van der Waals surface area contributed by atoms with E-state index in [-0.39, 0.29) is 6.04 Å². The molecule has 0 aliphatic carbocycles. The van der Waals surface area contributed by atoms with Crippen molar-refractivity contribution in [3.63, 3.8) is 0 Å². The Balaban J connectivity index is 2.19. The van der Waals surface area contributed by atoms with Gasteiger partial charge in [-0.05, 0) is 42.2 Å². The number of nitriles is 1. The number of nitrogens with zero attached hydrogens (tertiary/aromatic N) is 1. The molecule has 2 aromatic carbocycles. The molecular weight excluding hydrogens is 244 g/mol. The standard InChI is InChI=1S/C18H20N2/c1-13(2)17-6-4-5-7-18(17)20-14(3)16-10-8-15(12-19)9-11-16/h4-11,13-14,20H,1-3H3. The van der Waals surface area contributed by atoms with Gasteiger partial charge >= 0.3 is 0 Å². The van der Waals surface area contributed by atoms with Gasteiger partial charge in [0.1, 0.15) is 0 Å². The Kier molecular flexibility index (Phi) is 4.42. The van der Waals surface area contributed by atoms with Crippen molar-refractivity contribution in [2.45, 2.75) is 32.7 Å². The van der Waals surface area contributed by atoms with Crippen molar-refractivity contribution in [3.8, 4) is 6.07 Å². The van der Waals surface area contributed by atoms with Gasteiger partial charge in [-0.1, -0.05) is 44.2 Å². The highest BCUT2D eigenvalue weighted by atomic mass is 14.9. The number of hydrogen-bond donors (Lipinski definition) is 1. The lowest BCUT2D eigenvalue weighted by Gasteiger charge is -2.20. The minimum absolute atomic E-state index is 0.211. The Morgan fingerprint density at radius 3 is 2.20 bits per heavy atom. The van der Waals surface area contributed by atoms with Crippen molar-refractivity contribution in [3.05, 3.63) is 65.2 Å². The minimum atomic E-state index is 0.211.